The van der Waals surface area contributed by atoms with Gasteiger partial charge in [-0.25, -0.2) is 4.98 Å². The second-order valence-corrected chi connectivity index (χ2v) is 5.18. The minimum absolute atomic E-state index is 0.473. The molecule has 2 aromatic rings. The lowest BCUT2D eigenvalue weighted by atomic mass is 10.1. The van der Waals surface area contributed by atoms with Crippen molar-refractivity contribution in [3.8, 4) is 10.6 Å². The molecule has 84 valence electrons. The van der Waals surface area contributed by atoms with Crippen LogP contribution in [0.25, 0.3) is 10.6 Å². The Balaban J connectivity index is 2.29. The molecule has 0 aromatic carbocycles. The highest BCUT2D eigenvalue weighted by molar-refractivity contribution is 7.14. The topological polar surface area (TPSA) is 50.2 Å². The van der Waals surface area contributed by atoms with Crippen LogP contribution in [0.4, 0.5) is 0 Å². The van der Waals surface area contributed by atoms with Crippen molar-refractivity contribution in [2.24, 2.45) is 0 Å². The summed E-state index contributed by atoms with van der Waals surface area (Å²) >= 11 is 3.04. The molecule has 2 heterocycles. The van der Waals surface area contributed by atoms with Crippen LogP contribution in [-0.2, 0) is 4.79 Å². The van der Waals surface area contributed by atoms with Crippen molar-refractivity contribution in [1.29, 1.82) is 0 Å². The third-order valence-electron chi connectivity index (χ3n) is 2.30. The lowest BCUT2D eigenvalue weighted by Gasteiger charge is -2.04. The van der Waals surface area contributed by atoms with Gasteiger partial charge in [0.1, 0.15) is 10.9 Å². The standard InChI is InChI=1S/C11H11NO2S2/c1-2-7(11(13)14)10-12-8(6-16-10)9-4-3-5-15-9/h3-7H,2H2,1H3,(H,13,14). The third-order valence-corrected chi connectivity index (χ3v) is 4.15. The molecule has 0 radical (unpaired) electrons. The van der Waals surface area contributed by atoms with Crippen molar-refractivity contribution >= 4 is 28.6 Å². The normalized spacial score (nSPS) is 12.6. The molecule has 1 N–H and O–H groups in total. The van der Waals surface area contributed by atoms with Crippen molar-refractivity contribution in [2.75, 3.05) is 0 Å². The van der Waals surface area contributed by atoms with Crippen molar-refractivity contribution < 1.29 is 9.90 Å². The molecule has 1 atom stereocenters. The van der Waals surface area contributed by atoms with Gasteiger partial charge in [-0.15, -0.1) is 22.7 Å². The number of nitrogens with zero attached hydrogens (tertiary/aromatic N) is 1. The van der Waals surface area contributed by atoms with E-state index in [0.29, 0.717) is 11.4 Å². The average Bonchev–Trinajstić information content (AvgIpc) is 2.86. The summed E-state index contributed by atoms with van der Waals surface area (Å²) in [4.78, 5) is 16.5. The fourth-order valence-corrected chi connectivity index (χ4v) is 3.20. The molecule has 0 aliphatic carbocycles. The molecule has 0 aliphatic heterocycles. The Kier molecular flexibility index (Phi) is 3.36. The first-order valence-electron chi connectivity index (χ1n) is 4.94. The van der Waals surface area contributed by atoms with E-state index in [9.17, 15) is 4.79 Å². The van der Waals surface area contributed by atoms with E-state index in [4.69, 9.17) is 5.11 Å². The maximum Gasteiger partial charge on any atom is 0.313 e. The highest BCUT2D eigenvalue weighted by Gasteiger charge is 2.21. The predicted octanol–water partition coefficient (Wildman–Crippen LogP) is 3.45. The Morgan fingerprint density at radius 3 is 2.94 bits per heavy atom. The van der Waals surface area contributed by atoms with E-state index in [-0.39, 0.29) is 0 Å². The molecule has 1 unspecified atom stereocenters. The molecule has 0 aliphatic rings. The molecule has 3 nitrogen and oxygen atoms in total. The zero-order valence-corrected chi connectivity index (χ0v) is 10.3. The van der Waals surface area contributed by atoms with Crippen LogP contribution in [-0.4, -0.2) is 16.1 Å². The van der Waals surface area contributed by atoms with Gasteiger partial charge < -0.3 is 5.11 Å². The lowest BCUT2D eigenvalue weighted by molar-refractivity contribution is -0.138. The molecule has 0 spiro atoms. The minimum atomic E-state index is -0.797. The molecule has 5 heteroatoms. The first-order chi connectivity index (χ1) is 7.72. The fourth-order valence-electron chi connectivity index (χ4n) is 1.44. The molecule has 0 fully saturated rings. The Bertz CT molecular complexity index is 476. The number of rotatable bonds is 4. The zero-order chi connectivity index (χ0) is 11.5. The van der Waals surface area contributed by atoms with Crippen LogP contribution in [0.15, 0.2) is 22.9 Å². The van der Waals surface area contributed by atoms with E-state index in [1.807, 2.05) is 29.8 Å². The highest BCUT2D eigenvalue weighted by Crippen LogP contribution is 2.30. The number of thiazole rings is 1. The smallest absolute Gasteiger partial charge is 0.313 e. The number of thiophene rings is 1. The summed E-state index contributed by atoms with van der Waals surface area (Å²) in [5.74, 6) is -1.27. The number of carboxylic acid groups (broad SMARTS) is 1. The van der Waals surface area contributed by atoms with Gasteiger partial charge in [0, 0.05) is 5.38 Å². The van der Waals surface area contributed by atoms with Crippen LogP contribution in [0, 0.1) is 0 Å². The zero-order valence-electron chi connectivity index (χ0n) is 8.71. The number of carbonyl (C=O) groups is 1. The van der Waals surface area contributed by atoms with E-state index in [1.54, 1.807) is 11.3 Å². The maximum atomic E-state index is 11.0. The monoisotopic (exact) mass is 253 g/mol. The Hall–Kier alpha value is -1.20. The molecule has 16 heavy (non-hydrogen) atoms. The van der Waals surface area contributed by atoms with Gasteiger partial charge >= 0.3 is 5.97 Å². The van der Waals surface area contributed by atoms with Gasteiger partial charge in [-0.2, -0.15) is 0 Å². The SMILES string of the molecule is CCC(C(=O)O)c1nc(-c2cccs2)cs1. The Morgan fingerprint density at radius 1 is 1.56 bits per heavy atom. The molecular formula is C11H11NO2S2. The first kappa shape index (κ1) is 11.3. The van der Waals surface area contributed by atoms with Crippen LogP contribution in [0.2, 0.25) is 0 Å². The van der Waals surface area contributed by atoms with Gasteiger partial charge in [0.15, 0.2) is 0 Å². The minimum Gasteiger partial charge on any atom is -0.481 e. The fraction of sp³-hybridized carbons (Fsp3) is 0.273. The van der Waals surface area contributed by atoms with Crippen LogP contribution < -0.4 is 0 Å². The third kappa shape index (κ3) is 2.15. The summed E-state index contributed by atoms with van der Waals surface area (Å²) in [5, 5.41) is 13.6. The van der Waals surface area contributed by atoms with Crippen molar-refractivity contribution in [2.45, 2.75) is 19.3 Å². The number of carboxylic acids is 1. The summed E-state index contributed by atoms with van der Waals surface area (Å²) in [5.41, 5.74) is 0.884. The van der Waals surface area contributed by atoms with E-state index >= 15 is 0 Å². The number of aromatic nitrogens is 1. The van der Waals surface area contributed by atoms with Crippen molar-refractivity contribution in [3.63, 3.8) is 0 Å². The Labute approximate surface area is 101 Å². The van der Waals surface area contributed by atoms with Gasteiger partial charge in [-0.1, -0.05) is 13.0 Å². The lowest BCUT2D eigenvalue weighted by Crippen LogP contribution is -2.09. The average molecular weight is 253 g/mol. The molecular weight excluding hydrogens is 242 g/mol. The summed E-state index contributed by atoms with van der Waals surface area (Å²) in [7, 11) is 0. The summed E-state index contributed by atoms with van der Waals surface area (Å²) in [6.07, 6.45) is 0.576. The van der Waals surface area contributed by atoms with E-state index < -0.39 is 11.9 Å². The quantitative estimate of drug-likeness (QED) is 0.908. The summed E-state index contributed by atoms with van der Waals surface area (Å²) in [6.45, 7) is 1.87. The van der Waals surface area contributed by atoms with E-state index in [1.165, 1.54) is 11.3 Å². The molecule has 0 saturated heterocycles. The van der Waals surface area contributed by atoms with Crippen LogP contribution >= 0.6 is 22.7 Å². The largest absolute Gasteiger partial charge is 0.481 e. The van der Waals surface area contributed by atoms with Gasteiger partial charge in [0.05, 0.1) is 10.6 Å². The second kappa shape index (κ2) is 4.76. The summed E-state index contributed by atoms with van der Waals surface area (Å²) in [6, 6.07) is 3.96. The van der Waals surface area contributed by atoms with Crippen molar-refractivity contribution in [3.05, 3.63) is 27.9 Å². The second-order valence-electron chi connectivity index (χ2n) is 3.35. The van der Waals surface area contributed by atoms with Crippen LogP contribution in [0.5, 0.6) is 0 Å². The van der Waals surface area contributed by atoms with Crippen LogP contribution in [0.3, 0.4) is 0 Å². The van der Waals surface area contributed by atoms with Gasteiger partial charge in [0.2, 0.25) is 0 Å². The first-order valence-corrected chi connectivity index (χ1v) is 6.70. The molecule has 0 saturated carbocycles. The number of hydrogen-bond donors (Lipinski definition) is 1. The molecule has 0 amide bonds. The molecule has 0 bridgehead atoms. The Morgan fingerprint density at radius 2 is 2.38 bits per heavy atom. The van der Waals surface area contributed by atoms with Gasteiger partial charge in [-0.3, -0.25) is 4.79 Å². The van der Waals surface area contributed by atoms with E-state index in [0.717, 1.165) is 10.6 Å². The maximum absolute atomic E-state index is 11.0. The summed E-state index contributed by atoms with van der Waals surface area (Å²) < 4.78 is 0. The highest BCUT2D eigenvalue weighted by atomic mass is 32.1. The van der Waals surface area contributed by atoms with Crippen LogP contribution in [0.1, 0.15) is 24.3 Å². The van der Waals surface area contributed by atoms with Gasteiger partial charge in [-0.05, 0) is 17.9 Å². The van der Waals surface area contributed by atoms with Crippen molar-refractivity contribution in [1.82, 2.24) is 4.98 Å². The molecule has 2 rings (SSSR count). The number of hydrogen-bond acceptors (Lipinski definition) is 4. The van der Waals surface area contributed by atoms with E-state index in [2.05, 4.69) is 4.98 Å². The molecule has 2 aromatic heterocycles. The number of aliphatic carboxylic acids is 1. The van der Waals surface area contributed by atoms with Gasteiger partial charge in [0.25, 0.3) is 0 Å². The predicted molar refractivity (Wildman–Crippen MR) is 66.1 cm³/mol.